The second kappa shape index (κ2) is 6.84. The minimum absolute atomic E-state index is 0.0948. The zero-order valence-electron chi connectivity index (χ0n) is 13.1. The summed E-state index contributed by atoms with van der Waals surface area (Å²) in [6.45, 7) is 4.85. The Morgan fingerprint density at radius 1 is 1.48 bits per heavy atom. The van der Waals surface area contributed by atoms with Gasteiger partial charge in [0.15, 0.2) is 0 Å². The van der Waals surface area contributed by atoms with Gasteiger partial charge in [0.05, 0.1) is 6.61 Å². The lowest BCUT2D eigenvalue weighted by atomic mass is 10.1. The van der Waals surface area contributed by atoms with E-state index in [0.29, 0.717) is 25.5 Å². The van der Waals surface area contributed by atoms with Crippen molar-refractivity contribution in [2.75, 3.05) is 13.2 Å². The number of hydrogen-bond donors (Lipinski definition) is 1. The number of hydrogen-bond acceptors (Lipinski definition) is 5. The fraction of sp³-hybridized carbons (Fsp3) is 0.412. The highest BCUT2D eigenvalue weighted by molar-refractivity contribution is 9.10. The Balaban J connectivity index is 1.77. The van der Waals surface area contributed by atoms with Gasteiger partial charge in [-0.3, -0.25) is 4.79 Å². The Bertz CT molecular complexity index is 735. The molecule has 1 aromatic carbocycles. The number of halogens is 1. The number of ether oxygens (including phenoxy) is 2. The number of rotatable bonds is 4. The first-order valence-electron chi connectivity index (χ1n) is 7.70. The molecule has 2 aromatic rings. The Hall–Kier alpha value is -1.66. The van der Waals surface area contributed by atoms with Gasteiger partial charge >= 0.3 is 5.97 Å². The second-order valence-electron chi connectivity index (χ2n) is 5.63. The molecule has 6 heteroatoms. The topological polar surface area (TPSA) is 60.5 Å². The molecule has 1 fully saturated rings. The molecule has 0 unspecified atom stereocenters. The molecule has 0 saturated carbocycles. The van der Waals surface area contributed by atoms with Crippen molar-refractivity contribution >= 4 is 32.7 Å². The van der Waals surface area contributed by atoms with Crippen molar-refractivity contribution in [3.8, 4) is 5.88 Å². The van der Waals surface area contributed by atoms with Crippen LogP contribution in [0.25, 0.3) is 10.8 Å². The molecule has 1 aliphatic heterocycles. The number of nitrogens with one attached hydrogen (secondary N) is 1. The monoisotopic (exact) mass is 378 g/mol. The highest BCUT2D eigenvalue weighted by atomic mass is 79.9. The quantitative estimate of drug-likeness (QED) is 0.828. The number of nitrogens with zero attached hydrogens (tertiary/aromatic N) is 1. The van der Waals surface area contributed by atoms with Crippen LogP contribution in [-0.4, -0.2) is 36.3 Å². The normalized spacial score (nSPS) is 20.7. The molecule has 0 radical (unpaired) electrons. The van der Waals surface area contributed by atoms with Crippen LogP contribution in [0, 0.1) is 6.92 Å². The first kappa shape index (κ1) is 16.2. The number of benzene rings is 1. The summed E-state index contributed by atoms with van der Waals surface area (Å²) in [4.78, 5) is 16.1. The highest BCUT2D eigenvalue weighted by Crippen LogP contribution is 2.30. The maximum Gasteiger partial charge on any atom is 0.323 e. The number of aryl methyl sites for hydroxylation is 1. The molecule has 0 bridgehead atoms. The van der Waals surface area contributed by atoms with Crippen molar-refractivity contribution < 1.29 is 14.3 Å². The fourth-order valence-electron chi connectivity index (χ4n) is 2.75. The summed E-state index contributed by atoms with van der Waals surface area (Å²) in [5.74, 6) is 0.377. The fourth-order valence-corrected chi connectivity index (χ4v) is 3.09. The Morgan fingerprint density at radius 2 is 2.30 bits per heavy atom. The van der Waals surface area contributed by atoms with Gasteiger partial charge in [-0.2, -0.15) is 0 Å². The zero-order valence-corrected chi connectivity index (χ0v) is 14.7. The van der Waals surface area contributed by atoms with E-state index >= 15 is 0 Å². The van der Waals surface area contributed by atoms with E-state index in [1.54, 1.807) is 13.1 Å². The van der Waals surface area contributed by atoms with Crippen LogP contribution >= 0.6 is 15.9 Å². The van der Waals surface area contributed by atoms with Crippen LogP contribution in [0.4, 0.5) is 0 Å². The second-order valence-corrected chi connectivity index (χ2v) is 6.48. The lowest BCUT2D eigenvalue weighted by Gasteiger charge is -2.14. The maximum absolute atomic E-state index is 11.8. The third kappa shape index (κ3) is 3.48. The number of pyridine rings is 1. The Morgan fingerprint density at radius 3 is 3.09 bits per heavy atom. The molecule has 23 heavy (non-hydrogen) atoms. The van der Waals surface area contributed by atoms with Crippen molar-refractivity contribution in [1.29, 1.82) is 0 Å². The molecule has 0 amide bonds. The van der Waals surface area contributed by atoms with Gasteiger partial charge in [-0.15, -0.1) is 0 Å². The lowest BCUT2D eigenvalue weighted by molar-refractivity contribution is -0.145. The number of carbonyl (C=O) groups is 1. The largest absolute Gasteiger partial charge is 0.472 e. The van der Waals surface area contributed by atoms with Crippen molar-refractivity contribution in [2.24, 2.45) is 0 Å². The molecule has 3 rings (SSSR count). The molecule has 0 spiro atoms. The summed E-state index contributed by atoms with van der Waals surface area (Å²) in [5.41, 5.74) is 1.17. The van der Waals surface area contributed by atoms with Crippen LogP contribution in [0.15, 0.2) is 28.9 Å². The third-order valence-electron chi connectivity index (χ3n) is 3.95. The van der Waals surface area contributed by atoms with E-state index in [1.807, 2.05) is 12.1 Å². The van der Waals surface area contributed by atoms with Crippen LogP contribution < -0.4 is 10.1 Å². The van der Waals surface area contributed by atoms with E-state index in [1.165, 1.54) is 5.56 Å². The highest BCUT2D eigenvalue weighted by Gasteiger charge is 2.32. The average molecular weight is 379 g/mol. The SMILES string of the molecule is CCOC(=O)[C@@H]1C[C@@H](Oc2nccc3cc(C)c(Br)cc23)CN1. The molecular formula is C17H19BrN2O3. The summed E-state index contributed by atoms with van der Waals surface area (Å²) in [5, 5.41) is 5.19. The number of carbonyl (C=O) groups excluding carboxylic acids is 1. The lowest BCUT2D eigenvalue weighted by Crippen LogP contribution is -2.32. The van der Waals surface area contributed by atoms with E-state index in [9.17, 15) is 4.79 Å². The molecule has 0 aliphatic carbocycles. The number of fused-ring (bicyclic) bond motifs is 1. The molecule has 122 valence electrons. The minimum Gasteiger partial charge on any atom is -0.472 e. The Kier molecular flexibility index (Phi) is 4.82. The number of esters is 1. The van der Waals surface area contributed by atoms with Crippen LogP contribution in [0.5, 0.6) is 5.88 Å². The first-order chi connectivity index (χ1) is 11.1. The number of aromatic nitrogens is 1. The predicted molar refractivity (Wildman–Crippen MR) is 91.6 cm³/mol. The molecule has 2 heterocycles. The van der Waals surface area contributed by atoms with Gasteiger partial charge in [-0.25, -0.2) is 4.98 Å². The average Bonchev–Trinajstić information content (AvgIpc) is 2.98. The maximum atomic E-state index is 11.8. The van der Waals surface area contributed by atoms with E-state index in [4.69, 9.17) is 9.47 Å². The molecule has 1 aliphatic rings. The first-order valence-corrected chi connectivity index (χ1v) is 8.49. The predicted octanol–water partition coefficient (Wildman–Crippen LogP) is 2.98. The smallest absolute Gasteiger partial charge is 0.323 e. The summed E-state index contributed by atoms with van der Waals surface area (Å²) in [6.07, 6.45) is 2.24. The minimum atomic E-state index is -0.302. The van der Waals surface area contributed by atoms with E-state index in [0.717, 1.165) is 15.2 Å². The van der Waals surface area contributed by atoms with Gasteiger partial charge in [0.1, 0.15) is 12.1 Å². The zero-order chi connectivity index (χ0) is 16.4. The third-order valence-corrected chi connectivity index (χ3v) is 4.80. The molecule has 1 N–H and O–H groups in total. The molecule has 1 aromatic heterocycles. The van der Waals surface area contributed by atoms with E-state index in [-0.39, 0.29) is 18.1 Å². The van der Waals surface area contributed by atoms with Gasteiger partial charge in [0.25, 0.3) is 0 Å². The van der Waals surface area contributed by atoms with Gasteiger partial charge in [-0.1, -0.05) is 22.0 Å². The molecular weight excluding hydrogens is 360 g/mol. The molecule has 5 nitrogen and oxygen atoms in total. The van der Waals surface area contributed by atoms with Crippen LogP contribution in [0.2, 0.25) is 0 Å². The van der Waals surface area contributed by atoms with Crippen LogP contribution in [-0.2, 0) is 9.53 Å². The summed E-state index contributed by atoms with van der Waals surface area (Å²) in [7, 11) is 0. The molecule has 2 atom stereocenters. The van der Waals surface area contributed by atoms with E-state index < -0.39 is 0 Å². The van der Waals surface area contributed by atoms with Crippen molar-refractivity contribution in [3.05, 3.63) is 34.4 Å². The van der Waals surface area contributed by atoms with Crippen LogP contribution in [0.1, 0.15) is 18.9 Å². The van der Waals surface area contributed by atoms with Crippen molar-refractivity contribution in [3.63, 3.8) is 0 Å². The molecule has 1 saturated heterocycles. The summed E-state index contributed by atoms with van der Waals surface area (Å²) in [6, 6.07) is 5.79. The van der Waals surface area contributed by atoms with E-state index in [2.05, 4.69) is 39.2 Å². The standard InChI is InChI=1S/C17H19BrN2O3/c1-3-22-17(21)15-7-12(9-20-15)23-16-13-8-14(18)10(2)6-11(13)4-5-19-16/h4-6,8,12,15,20H,3,7,9H2,1-2H3/t12-,15+/m1/s1. The Labute approximate surface area is 143 Å². The van der Waals surface area contributed by atoms with Gasteiger partial charge in [-0.05, 0) is 36.9 Å². The van der Waals surface area contributed by atoms with Crippen molar-refractivity contribution in [1.82, 2.24) is 10.3 Å². The summed E-state index contributed by atoms with van der Waals surface area (Å²) < 4.78 is 12.1. The van der Waals surface area contributed by atoms with Crippen molar-refractivity contribution in [2.45, 2.75) is 32.4 Å². The van der Waals surface area contributed by atoms with Gasteiger partial charge in [0, 0.05) is 29.0 Å². The van der Waals surface area contributed by atoms with Gasteiger partial charge < -0.3 is 14.8 Å². The van der Waals surface area contributed by atoms with Gasteiger partial charge in [0.2, 0.25) is 5.88 Å². The summed E-state index contributed by atoms with van der Waals surface area (Å²) >= 11 is 3.55. The van der Waals surface area contributed by atoms with Crippen LogP contribution in [0.3, 0.4) is 0 Å².